The Hall–Kier alpha value is -0.0400. The lowest BCUT2D eigenvalue weighted by Gasteiger charge is -2.47. The van der Waals surface area contributed by atoms with Gasteiger partial charge in [0.05, 0.1) is 6.54 Å². The SMILES string of the molecule is CN1CCN=C1NCC1(N(C)C)CCC1.I. The van der Waals surface area contributed by atoms with Gasteiger partial charge in [-0.3, -0.25) is 4.99 Å². The van der Waals surface area contributed by atoms with Crippen molar-refractivity contribution in [3.63, 3.8) is 0 Å². The molecule has 0 aromatic carbocycles. The Morgan fingerprint density at radius 1 is 1.44 bits per heavy atom. The molecule has 2 rings (SSSR count). The third-order valence-corrected chi connectivity index (χ3v) is 3.87. The first kappa shape index (κ1) is 14.0. The summed E-state index contributed by atoms with van der Waals surface area (Å²) < 4.78 is 0. The van der Waals surface area contributed by atoms with Gasteiger partial charge in [-0.05, 0) is 33.4 Å². The number of rotatable bonds is 3. The number of likely N-dealkylation sites (N-methyl/N-ethyl adjacent to an activating group) is 2. The Kier molecular flexibility index (Phi) is 4.85. The van der Waals surface area contributed by atoms with Crippen LogP contribution < -0.4 is 5.32 Å². The third-order valence-electron chi connectivity index (χ3n) is 3.87. The fourth-order valence-electron chi connectivity index (χ4n) is 2.33. The van der Waals surface area contributed by atoms with Crippen molar-refractivity contribution in [2.24, 2.45) is 4.99 Å². The molecule has 0 bridgehead atoms. The predicted octanol–water partition coefficient (Wildman–Crippen LogP) is 0.980. The van der Waals surface area contributed by atoms with Gasteiger partial charge < -0.3 is 15.1 Å². The number of nitrogens with one attached hydrogen (secondary N) is 1. The zero-order chi connectivity index (χ0) is 10.9. The highest BCUT2D eigenvalue weighted by Crippen LogP contribution is 2.35. The van der Waals surface area contributed by atoms with E-state index in [9.17, 15) is 0 Å². The monoisotopic (exact) mass is 338 g/mol. The second kappa shape index (κ2) is 5.53. The Morgan fingerprint density at radius 2 is 2.12 bits per heavy atom. The third kappa shape index (κ3) is 2.61. The van der Waals surface area contributed by atoms with Gasteiger partial charge in [0, 0.05) is 25.7 Å². The summed E-state index contributed by atoms with van der Waals surface area (Å²) >= 11 is 0. The molecule has 1 aliphatic carbocycles. The van der Waals surface area contributed by atoms with Crippen molar-refractivity contribution in [1.29, 1.82) is 0 Å². The molecule has 1 fully saturated rings. The molecular formula is C11H23IN4. The maximum atomic E-state index is 4.45. The van der Waals surface area contributed by atoms with E-state index in [4.69, 9.17) is 0 Å². The molecule has 16 heavy (non-hydrogen) atoms. The van der Waals surface area contributed by atoms with Crippen molar-refractivity contribution in [3.8, 4) is 0 Å². The van der Waals surface area contributed by atoms with Crippen LogP contribution in [0, 0.1) is 0 Å². The maximum Gasteiger partial charge on any atom is 0.193 e. The van der Waals surface area contributed by atoms with Gasteiger partial charge in [-0.15, -0.1) is 24.0 Å². The second-order valence-electron chi connectivity index (χ2n) is 4.95. The van der Waals surface area contributed by atoms with Gasteiger partial charge in [0.15, 0.2) is 5.96 Å². The van der Waals surface area contributed by atoms with Gasteiger partial charge in [0.2, 0.25) is 0 Å². The quantitative estimate of drug-likeness (QED) is 0.779. The lowest BCUT2D eigenvalue weighted by atomic mass is 9.75. The van der Waals surface area contributed by atoms with Crippen molar-refractivity contribution in [2.75, 3.05) is 40.8 Å². The second-order valence-corrected chi connectivity index (χ2v) is 4.95. The summed E-state index contributed by atoms with van der Waals surface area (Å²) in [6.07, 6.45) is 3.98. The van der Waals surface area contributed by atoms with Crippen LogP contribution in [-0.2, 0) is 0 Å². The maximum absolute atomic E-state index is 4.45. The van der Waals surface area contributed by atoms with Crippen LogP contribution in [-0.4, -0.2) is 62.1 Å². The Morgan fingerprint density at radius 3 is 2.50 bits per heavy atom. The minimum absolute atomic E-state index is 0. The van der Waals surface area contributed by atoms with Crippen LogP contribution in [0.2, 0.25) is 0 Å². The molecule has 1 heterocycles. The first-order chi connectivity index (χ1) is 7.14. The van der Waals surface area contributed by atoms with Gasteiger partial charge in [-0.1, -0.05) is 0 Å². The van der Waals surface area contributed by atoms with E-state index >= 15 is 0 Å². The molecule has 94 valence electrons. The number of hydrogen-bond acceptors (Lipinski definition) is 4. The summed E-state index contributed by atoms with van der Waals surface area (Å²) in [6, 6.07) is 0. The van der Waals surface area contributed by atoms with Crippen LogP contribution in [0.1, 0.15) is 19.3 Å². The highest BCUT2D eigenvalue weighted by atomic mass is 127. The van der Waals surface area contributed by atoms with Gasteiger partial charge in [0.1, 0.15) is 0 Å². The van der Waals surface area contributed by atoms with Gasteiger partial charge >= 0.3 is 0 Å². The molecule has 0 radical (unpaired) electrons. The number of guanidine groups is 1. The molecule has 0 atom stereocenters. The molecule has 4 nitrogen and oxygen atoms in total. The van der Waals surface area contributed by atoms with Crippen molar-refractivity contribution >= 4 is 29.9 Å². The highest BCUT2D eigenvalue weighted by Gasteiger charge is 2.39. The fraction of sp³-hybridized carbons (Fsp3) is 0.909. The molecular weight excluding hydrogens is 315 g/mol. The molecule has 0 aromatic heterocycles. The van der Waals surface area contributed by atoms with Crippen LogP contribution in [0.5, 0.6) is 0 Å². The molecule has 0 spiro atoms. The Labute approximate surface area is 115 Å². The number of halogens is 1. The molecule has 1 saturated carbocycles. The number of nitrogens with zero attached hydrogens (tertiary/aromatic N) is 3. The Bertz CT molecular complexity index is 261. The molecule has 0 saturated heterocycles. The van der Waals surface area contributed by atoms with Crippen molar-refractivity contribution < 1.29 is 0 Å². The summed E-state index contributed by atoms with van der Waals surface area (Å²) in [6.45, 7) is 3.02. The first-order valence-corrected chi connectivity index (χ1v) is 5.81. The summed E-state index contributed by atoms with van der Waals surface area (Å²) in [4.78, 5) is 9.01. The molecule has 2 aliphatic rings. The Balaban J connectivity index is 0.00000128. The minimum atomic E-state index is 0. The molecule has 5 heteroatoms. The van der Waals surface area contributed by atoms with E-state index in [0.717, 1.165) is 25.6 Å². The first-order valence-electron chi connectivity index (χ1n) is 5.81. The molecule has 0 amide bonds. The molecule has 1 aliphatic heterocycles. The topological polar surface area (TPSA) is 30.9 Å². The van der Waals surface area contributed by atoms with Gasteiger partial charge in [-0.2, -0.15) is 0 Å². The van der Waals surface area contributed by atoms with E-state index in [1.165, 1.54) is 19.3 Å². The summed E-state index contributed by atoms with van der Waals surface area (Å²) in [7, 11) is 6.46. The van der Waals surface area contributed by atoms with E-state index < -0.39 is 0 Å². The standard InChI is InChI=1S/C11H22N4.HI/c1-14(2)11(5-4-6-11)9-13-10-12-7-8-15(10)3;/h4-9H2,1-3H3,(H,12,13);1H. The lowest BCUT2D eigenvalue weighted by molar-refractivity contribution is 0.0642. The van der Waals surface area contributed by atoms with Crippen LogP contribution in [0.4, 0.5) is 0 Å². The van der Waals surface area contributed by atoms with Gasteiger partial charge in [0.25, 0.3) is 0 Å². The largest absolute Gasteiger partial charge is 0.354 e. The van der Waals surface area contributed by atoms with E-state index in [2.05, 4.69) is 41.3 Å². The van der Waals surface area contributed by atoms with E-state index in [1.54, 1.807) is 0 Å². The summed E-state index contributed by atoms with van der Waals surface area (Å²) in [5.74, 6) is 1.07. The number of aliphatic imine (C=N–C) groups is 1. The average Bonchev–Trinajstić information content (AvgIpc) is 2.49. The van der Waals surface area contributed by atoms with Crippen molar-refractivity contribution in [1.82, 2.24) is 15.1 Å². The van der Waals surface area contributed by atoms with Crippen LogP contribution in [0.3, 0.4) is 0 Å². The molecule has 1 N–H and O–H groups in total. The summed E-state index contributed by atoms with van der Waals surface area (Å²) in [5.41, 5.74) is 0.381. The van der Waals surface area contributed by atoms with Crippen molar-refractivity contribution in [3.05, 3.63) is 0 Å². The lowest BCUT2D eigenvalue weighted by Crippen LogP contribution is -2.58. The van der Waals surface area contributed by atoms with Gasteiger partial charge in [-0.25, -0.2) is 0 Å². The normalized spacial score (nSPS) is 22.5. The van der Waals surface area contributed by atoms with Crippen molar-refractivity contribution in [2.45, 2.75) is 24.8 Å². The minimum Gasteiger partial charge on any atom is -0.354 e. The average molecular weight is 338 g/mol. The molecule has 0 aromatic rings. The van der Waals surface area contributed by atoms with E-state index in [-0.39, 0.29) is 24.0 Å². The van der Waals surface area contributed by atoms with Crippen LogP contribution >= 0.6 is 24.0 Å². The predicted molar refractivity (Wildman–Crippen MR) is 78.6 cm³/mol. The highest BCUT2D eigenvalue weighted by molar-refractivity contribution is 14.0. The molecule has 0 unspecified atom stereocenters. The smallest absolute Gasteiger partial charge is 0.193 e. The van der Waals surface area contributed by atoms with Crippen LogP contribution in [0.25, 0.3) is 0 Å². The number of hydrogen-bond donors (Lipinski definition) is 1. The zero-order valence-electron chi connectivity index (χ0n) is 10.5. The summed E-state index contributed by atoms with van der Waals surface area (Å²) in [5, 5.41) is 3.49. The zero-order valence-corrected chi connectivity index (χ0v) is 12.8. The van der Waals surface area contributed by atoms with E-state index in [1.807, 2.05) is 0 Å². The fourth-order valence-corrected chi connectivity index (χ4v) is 2.33. The van der Waals surface area contributed by atoms with Crippen LogP contribution in [0.15, 0.2) is 4.99 Å². The van der Waals surface area contributed by atoms with E-state index in [0.29, 0.717) is 5.54 Å².